The molecular weight excluding hydrogens is 456 g/mol. The van der Waals surface area contributed by atoms with E-state index < -0.39 is 17.6 Å². The Kier molecular flexibility index (Phi) is 7.90. The number of halogens is 2. The summed E-state index contributed by atoms with van der Waals surface area (Å²) in [6.45, 7) is 7.06. The number of aromatic nitrogens is 2. The first-order chi connectivity index (χ1) is 16.9. The standard InChI is InChI=1S/C25H23F2N5O3/c1-5-18(26)20(6-2)32(28)22(15-10-8-7-9-11-15)21(29-3)24-30-23(31-35-24)17-13-12-16(14-19(17)27)25(33)34-4/h5-14,29H,1-2,28H2,3-4H3/b20-18-,22-21-. The van der Waals surface area contributed by atoms with Gasteiger partial charge in [0, 0.05) is 12.6 Å². The van der Waals surface area contributed by atoms with E-state index in [2.05, 4.69) is 33.4 Å². The predicted molar refractivity (Wildman–Crippen MR) is 128 cm³/mol. The predicted octanol–water partition coefficient (Wildman–Crippen LogP) is 4.44. The fourth-order valence-corrected chi connectivity index (χ4v) is 3.24. The summed E-state index contributed by atoms with van der Waals surface area (Å²) in [5, 5.41) is 7.88. The Balaban J connectivity index is 2.17. The fourth-order valence-electron chi connectivity index (χ4n) is 3.24. The number of benzene rings is 2. The van der Waals surface area contributed by atoms with Crippen molar-refractivity contribution in [3.05, 3.63) is 108 Å². The zero-order valence-corrected chi connectivity index (χ0v) is 19.1. The monoisotopic (exact) mass is 479 g/mol. The number of nitrogens with two attached hydrogens (primary N) is 1. The lowest BCUT2D eigenvalue weighted by Crippen LogP contribution is -2.31. The van der Waals surface area contributed by atoms with Crippen LogP contribution < -0.4 is 11.2 Å². The molecule has 0 aliphatic heterocycles. The van der Waals surface area contributed by atoms with Crippen molar-refractivity contribution < 1.29 is 22.8 Å². The molecule has 0 aliphatic rings. The summed E-state index contributed by atoms with van der Waals surface area (Å²) in [5.41, 5.74) is 1.07. The van der Waals surface area contributed by atoms with Crippen molar-refractivity contribution in [1.29, 1.82) is 0 Å². The lowest BCUT2D eigenvalue weighted by Gasteiger charge is -2.25. The van der Waals surface area contributed by atoms with E-state index in [1.807, 2.05) is 0 Å². The van der Waals surface area contributed by atoms with Gasteiger partial charge in [-0.3, -0.25) is 5.01 Å². The number of esters is 1. The van der Waals surface area contributed by atoms with Gasteiger partial charge in [-0.2, -0.15) is 4.98 Å². The van der Waals surface area contributed by atoms with Crippen LogP contribution >= 0.6 is 0 Å². The normalized spacial score (nSPS) is 12.3. The molecule has 3 N–H and O–H groups in total. The Morgan fingerprint density at radius 3 is 2.46 bits per heavy atom. The summed E-state index contributed by atoms with van der Waals surface area (Å²) < 4.78 is 39.2. The number of nitrogens with one attached hydrogen (secondary N) is 1. The van der Waals surface area contributed by atoms with E-state index >= 15 is 0 Å². The molecular formula is C25H23F2N5O3. The van der Waals surface area contributed by atoms with Gasteiger partial charge in [-0.1, -0.05) is 48.6 Å². The Morgan fingerprint density at radius 2 is 1.89 bits per heavy atom. The van der Waals surface area contributed by atoms with E-state index in [9.17, 15) is 13.6 Å². The molecule has 180 valence electrons. The van der Waals surface area contributed by atoms with Gasteiger partial charge in [0.2, 0.25) is 5.82 Å². The highest BCUT2D eigenvalue weighted by Gasteiger charge is 2.24. The Morgan fingerprint density at radius 1 is 1.17 bits per heavy atom. The Labute approximate surface area is 200 Å². The SMILES string of the molecule is C=C/C(F)=C(\C=C)N(N)/C(=C(\NC)c1nc(-c2ccc(C(=O)OC)cc2F)no1)c1ccccc1. The van der Waals surface area contributed by atoms with Gasteiger partial charge in [0.1, 0.15) is 17.3 Å². The molecule has 3 aromatic rings. The number of hydrogen-bond donors (Lipinski definition) is 2. The largest absolute Gasteiger partial charge is 0.465 e. The number of carbonyl (C=O) groups is 1. The zero-order valence-electron chi connectivity index (χ0n) is 19.1. The molecule has 0 fully saturated rings. The van der Waals surface area contributed by atoms with Crippen molar-refractivity contribution in [2.45, 2.75) is 0 Å². The maximum atomic E-state index is 14.7. The molecule has 0 bridgehead atoms. The van der Waals surface area contributed by atoms with Crippen LogP contribution in [0.3, 0.4) is 0 Å². The number of rotatable bonds is 9. The molecule has 0 aliphatic carbocycles. The third-order valence-electron chi connectivity index (χ3n) is 4.92. The summed E-state index contributed by atoms with van der Waals surface area (Å²) in [5.74, 6) is 4.07. The average Bonchev–Trinajstić information content (AvgIpc) is 3.36. The number of carbonyl (C=O) groups excluding carboxylic acids is 1. The second-order valence-electron chi connectivity index (χ2n) is 6.96. The maximum Gasteiger partial charge on any atom is 0.337 e. The first-order valence-electron chi connectivity index (χ1n) is 10.2. The second kappa shape index (κ2) is 11.0. The van der Waals surface area contributed by atoms with Gasteiger partial charge in [0.25, 0.3) is 5.89 Å². The van der Waals surface area contributed by atoms with Gasteiger partial charge in [-0.05, 0) is 30.4 Å². The maximum absolute atomic E-state index is 14.7. The molecule has 3 rings (SSSR count). The van der Waals surface area contributed by atoms with Gasteiger partial charge in [-0.15, -0.1) is 0 Å². The van der Waals surface area contributed by atoms with Crippen molar-refractivity contribution in [2.75, 3.05) is 14.2 Å². The number of hydrazine groups is 1. The minimum Gasteiger partial charge on any atom is -0.465 e. The third-order valence-corrected chi connectivity index (χ3v) is 4.92. The van der Waals surface area contributed by atoms with Crippen LogP contribution in [0.15, 0.2) is 89.9 Å². The van der Waals surface area contributed by atoms with Gasteiger partial charge >= 0.3 is 5.97 Å². The van der Waals surface area contributed by atoms with Crippen LogP contribution in [-0.4, -0.2) is 35.3 Å². The summed E-state index contributed by atoms with van der Waals surface area (Å²) in [4.78, 5) is 15.9. The first-order valence-corrected chi connectivity index (χ1v) is 10.2. The van der Waals surface area contributed by atoms with Crippen molar-refractivity contribution in [1.82, 2.24) is 20.5 Å². The molecule has 0 spiro atoms. The van der Waals surface area contributed by atoms with Crippen LogP contribution in [0.1, 0.15) is 21.8 Å². The highest BCUT2D eigenvalue weighted by Crippen LogP contribution is 2.31. The Hall–Kier alpha value is -4.57. The molecule has 0 saturated heterocycles. The first kappa shape index (κ1) is 25.1. The zero-order chi connectivity index (χ0) is 25.5. The number of nitrogens with zero attached hydrogens (tertiary/aromatic N) is 3. The van der Waals surface area contributed by atoms with Gasteiger partial charge < -0.3 is 14.6 Å². The second-order valence-corrected chi connectivity index (χ2v) is 6.96. The summed E-state index contributed by atoms with van der Waals surface area (Å²) >= 11 is 0. The van der Waals surface area contributed by atoms with E-state index in [-0.39, 0.29) is 39.9 Å². The number of methoxy groups -OCH3 is 1. The highest BCUT2D eigenvalue weighted by molar-refractivity contribution is 5.90. The van der Waals surface area contributed by atoms with Crippen molar-refractivity contribution in [3.8, 4) is 11.4 Å². The topological polar surface area (TPSA) is 107 Å². The molecule has 2 aromatic carbocycles. The lowest BCUT2D eigenvalue weighted by molar-refractivity contribution is 0.0600. The minimum absolute atomic E-state index is 0.00153. The van der Waals surface area contributed by atoms with Crippen LogP contribution in [0.4, 0.5) is 8.78 Å². The number of ether oxygens (including phenoxy) is 1. The van der Waals surface area contributed by atoms with Crippen LogP contribution in [-0.2, 0) is 4.74 Å². The van der Waals surface area contributed by atoms with Crippen LogP contribution in [0, 0.1) is 5.82 Å². The van der Waals surface area contributed by atoms with Crippen molar-refractivity contribution in [2.24, 2.45) is 5.84 Å². The summed E-state index contributed by atoms with van der Waals surface area (Å²) in [7, 11) is 2.78. The van der Waals surface area contributed by atoms with Crippen LogP contribution in [0.25, 0.3) is 22.8 Å². The van der Waals surface area contributed by atoms with E-state index in [0.29, 0.717) is 5.56 Å². The third kappa shape index (κ3) is 5.17. The van der Waals surface area contributed by atoms with Crippen LogP contribution in [0.5, 0.6) is 0 Å². The number of hydrogen-bond acceptors (Lipinski definition) is 8. The molecule has 0 atom stereocenters. The molecule has 0 radical (unpaired) electrons. The van der Waals surface area contributed by atoms with E-state index in [0.717, 1.165) is 17.2 Å². The van der Waals surface area contributed by atoms with E-state index in [4.69, 9.17) is 10.4 Å². The molecule has 1 heterocycles. The molecule has 10 heteroatoms. The summed E-state index contributed by atoms with van der Waals surface area (Å²) in [6.07, 6.45) is 2.24. The molecule has 8 nitrogen and oxygen atoms in total. The fraction of sp³-hybridized carbons (Fsp3) is 0.0800. The van der Waals surface area contributed by atoms with Gasteiger partial charge in [0.05, 0.1) is 29.6 Å². The number of allylic oxidation sites excluding steroid dienone is 3. The summed E-state index contributed by atoms with van der Waals surface area (Å²) in [6, 6.07) is 12.6. The quantitative estimate of drug-likeness (QED) is 0.201. The van der Waals surface area contributed by atoms with Crippen LogP contribution in [0.2, 0.25) is 0 Å². The lowest BCUT2D eigenvalue weighted by atomic mass is 10.1. The van der Waals surface area contributed by atoms with E-state index in [1.165, 1.54) is 25.3 Å². The smallest absolute Gasteiger partial charge is 0.337 e. The minimum atomic E-state index is -0.746. The van der Waals surface area contributed by atoms with Gasteiger partial charge in [-0.25, -0.2) is 19.4 Å². The average molecular weight is 479 g/mol. The molecule has 1 aromatic heterocycles. The molecule has 0 unspecified atom stereocenters. The Bertz CT molecular complexity index is 1320. The van der Waals surface area contributed by atoms with Gasteiger partial charge in [0.15, 0.2) is 0 Å². The van der Waals surface area contributed by atoms with Crippen molar-refractivity contribution in [3.63, 3.8) is 0 Å². The van der Waals surface area contributed by atoms with Crippen molar-refractivity contribution >= 4 is 17.4 Å². The molecule has 35 heavy (non-hydrogen) atoms. The van der Waals surface area contributed by atoms with E-state index in [1.54, 1.807) is 37.4 Å². The molecule has 0 amide bonds. The highest BCUT2D eigenvalue weighted by atomic mass is 19.1. The molecule has 0 saturated carbocycles.